The number of hydrogen-bond donors (Lipinski definition) is 8. The Balaban J connectivity index is 1.16. The van der Waals surface area contributed by atoms with Gasteiger partial charge < -0.3 is 93.2 Å². The standard InChI is InChI=1S/C56H67NO22/c1-4-35-45(29(2)46(75-51(67)33-21-13-7-14-22-33)55(71-35)70-27-31-17-9-5-10-18-31)77-56-49(76-52(68)34-23-15-8-16-24-34)48(41(62)38(74-56)28-69-50(66)32-19-11-6-12-20-32)79-53-39(57-30(3)60)42(63)47(37(26-59)73-53)78-54-44(65)43(64)40(61)36(25-58)72-54/h5-24,29,35-49,53-56,58-59,61-65H,4,25-28H2,1-3H3,(H,57,60)/t29-,35?,36?,37?,38?,39?,40-,41-,42+,43-,44?,45-,46?,47+,48-,49?,53-,54-,55+,56-/m0/s1. The number of ether oxygens (including phenoxy) is 11. The van der Waals surface area contributed by atoms with Crippen molar-refractivity contribution in [3.63, 3.8) is 0 Å². The molecule has 0 saturated carbocycles. The molecule has 0 radical (unpaired) electrons. The lowest BCUT2D eigenvalue weighted by atomic mass is 9.88. The lowest BCUT2D eigenvalue weighted by Crippen LogP contribution is -2.70. The van der Waals surface area contributed by atoms with Crippen LogP contribution in [0.1, 0.15) is 63.8 Å². The van der Waals surface area contributed by atoms with Crippen molar-refractivity contribution in [1.29, 1.82) is 0 Å². The molecule has 23 heteroatoms. The summed E-state index contributed by atoms with van der Waals surface area (Å²) in [5.74, 6) is -4.05. The van der Waals surface area contributed by atoms with Crippen molar-refractivity contribution < 1.29 is 107 Å². The molecule has 4 aromatic carbocycles. The minimum atomic E-state index is -1.96. The van der Waals surface area contributed by atoms with Gasteiger partial charge in [-0.05, 0) is 48.4 Å². The number of rotatable bonds is 20. The van der Waals surface area contributed by atoms with Crippen LogP contribution in [0.25, 0.3) is 0 Å². The van der Waals surface area contributed by atoms with Crippen molar-refractivity contribution in [3.8, 4) is 0 Å². The van der Waals surface area contributed by atoms with E-state index >= 15 is 0 Å². The van der Waals surface area contributed by atoms with E-state index in [0.29, 0.717) is 0 Å². The maximum absolute atomic E-state index is 14.3. The smallest absolute Gasteiger partial charge is 0.338 e. The number of benzene rings is 4. The van der Waals surface area contributed by atoms with Gasteiger partial charge in [0, 0.05) is 12.8 Å². The van der Waals surface area contributed by atoms with Gasteiger partial charge in [-0.25, -0.2) is 14.4 Å². The number of nitrogens with one attached hydrogen (secondary N) is 1. The molecule has 4 heterocycles. The minimum absolute atomic E-state index is 0.0366. The van der Waals surface area contributed by atoms with E-state index in [1.54, 1.807) is 73.7 Å². The normalized spacial score (nSPS) is 34.7. The second-order valence-electron chi connectivity index (χ2n) is 19.5. The van der Waals surface area contributed by atoms with E-state index in [1.807, 2.05) is 37.3 Å². The Hall–Kier alpha value is -5.84. The third kappa shape index (κ3) is 14.2. The zero-order chi connectivity index (χ0) is 56.3. The molecule has 4 fully saturated rings. The predicted octanol–water partition coefficient (Wildman–Crippen LogP) is 0.907. The van der Waals surface area contributed by atoms with Gasteiger partial charge in [0.05, 0.1) is 48.7 Å². The van der Waals surface area contributed by atoms with Crippen molar-refractivity contribution in [2.24, 2.45) is 5.92 Å². The molecule has 428 valence electrons. The van der Waals surface area contributed by atoms with Crippen molar-refractivity contribution in [2.75, 3.05) is 19.8 Å². The van der Waals surface area contributed by atoms with E-state index in [1.165, 1.54) is 24.3 Å². The van der Waals surface area contributed by atoms with E-state index in [2.05, 4.69) is 5.32 Å². The number of carbonyl (C=O) groups excluding carboxylic acids is 4. The summed E-state index contributed by atoms with van der Waals surface area (Å²) in [6.45, 7) is 2.28. The average Bonchev–Trinajstić information content (AvgIpc) is 3.48. The number of aliphatic hydroxyl groups excluding tert-OH is 7. The maximum atomic E-state index is 14.3. The topological polar surface area (TPSA) is 323 Å². The van der Waals surface area contributed by atoms with Gasteiger partial charge in [0.2, 0.25) is 5.91 Å². The van der Waals surface area contributed by atoms with Crippen molar-refractivity contribution in [2.45, 2.75) is 150 Å². The van der Waals surface area contributed by atoms with Crippen LogP contribution in [-0.2, 0) is 63.5 Å². The van der Waals surface area contributed by atoms with Crippen LogP contribution in [0.4, 0.5) is 0 Å². The summed E-state index contributed by atoms with van der Waals surface area (Å²) in [6.07, 6.45) is -29.1. The van der Waals surface area contributed by atoms with Gasteiger partial charge in [-0.2, -0.15) is 0 Å². The fourth-order valence-electron chi connectivity index (χ4n) is 9.84. The Morgan fingerprint density at radius 2 is 0.987 bits per heavy atom. The highest BCUT2D eigenvalue weighted by Gasteiger charge is 2.57. The molecule has 4 aliphatic heterocycles. The zero-order valence-electron chi connectivity index (χ0n) is 43.4. The Bertz CT molecular complexity index is 2570. The molecular weight excluding hydrogens is 1040 g/mol. The summed E-state index contributed by atoms with van der Waals surface area (Å²) in [4.78, 5) is 54.5. The molecule has 0 aromatic heterocycles. The quantitative estimate of drug-likeness (QED) is 0.0450. The van der Waals surface area contributed by atoms with E-state index in [9.17, 15) is 54.9 Å². The number of hydrogen-bond acceptors (Lipinski definition) is 22. The molecule has 0 bridgehead atoms. The Kier molecular flexibility index (Phi) is 20.7. The largest absolute Gasteiger partial charge is 0.459 e. The van der Waals surface area contributed by atoms with Crippen LogP contribution in [0, 0.1) is 5.92 Å². The summed E-state index contributed by atoms with van der Waals surface area (Å²) in [5, 5.41) is 79.4. The lowest BCUT2D eigenvalue weighted by molar-refractivity contribution is -0.377. The molecule has 8 rings (SSSR count). The fourth-order valence-corrected chi connectivity index (χ4v) is 9.84. The highest BCUT2D eigenvalue weighted by molar-refractivity contribution is 5.90. The summed E-state index contributed by atoms with van der Waals surface area (Å²) in [5.41, 5.74) is 1.23. The molecule has 23 nitrogen and oxygen atoms in total. The summed E-state index contributed by atoms with van der Waals surface area (Å²) in [6, 6.07) is 31.5. The van der Waals surface area contributed by atoms with E-state index in [4.69, 9.17) is 52.1 Å². The molecule has 20 atom stereocenters. The van der Waals surface area contributed by atoms with Crippen LogP contribution in [-0.4, -0.2) is 196 Å². The molecule has 8 unspecified atom stereocenters. The molecule has 4 aliphatic rings. The summed E-state index contributed by atoms with van der Waals surface area (Å²) >= 11 is 0. The predicted molar refractivity (Wildman–Crippen MR) is 270 cm³/mol. The zero-order valence-corrected chi connectivity index (χ0v) is 43.4. The van der Waals surface area contributed by atoms with Crippen LogP contribution >= 0.6 is 0 Å². The molecule has 1 amide bonds. The van der Waals surface area contributed by atoms with Gasteiger partial charge in [-0.1, -0.05) is 98.8 Å². The van der Waals surface area contributed by atoms with Crippen molar-refractivity contribution in [3.05, 3.63) is 144 Å². The SMILES string of the molecule is CCC1O[C@@H](OCc2ccccc2)C(OC(=O)c2ccccc2)[C@@H](C)[C@@H]1O[C@@H]1OC(COC(=O)c2ccccc2)[C@H](O)[C@H](O[C@@H]2OC(CO)[C@@H](O[C@@H]3OC(CO)[C@H](O)[C@H](O)C3O)[C@H](O)C2NC(C)=O)C1OC(=O)c1ccccc1. The molecule has 4 aromatic rings. The Labute approximate surface area is 454 Å². The van der Waals surface area contributed by atoms with Crippen LogP contribution in [0.2, 0.25) is 0 Å². The highest BCUT2D eigenvalue weighted by Crippen LogP contribution is 2.39. The Morgan fingerprint density at radius 3 is 1.54 bits per heavy atom. The van der Waals surface area contributed by atoms with E-state index in [0.717, 1.165) is 12.5 Å². The van der Waals surface area contributed by atoms with Gasteiger partial charge in [0.15, 0.2) is 37.4 Å². The van der Waals surface area contributed by atoms with Crippen LogP contribution in [0.3, 0.4) is 0 Å². The monoisotopic (exact) mass is 1110 g/mol. The third-order valence-electron chi connectivity index (χ3n) is 14.1. The van der Waals surface area contributed by atoms with Gasteiger partial charge in [0.1, 0.15) is 73.7 Å². The van der Waals surface area contributed by atoms with Gasteiger partial charge in [-0.3, -0.25) is 4.79 Å². The number of esters is 3. The van der Waals surface area contributed by atoms with Crippen molar-refractivity contribution >= 4 is 23.8 Å². The summed E-state index contributed by atoms with van der Waals surface area (Å²) in [7, 11) is 0. The van der Waals surface area contributed by atoms with Crippen molar-refractivity contribution in [1.82, 2.24) is 5.32 Å². The van der Waals surface area contributed by atoms with Crippen LogP contribution in [0.5, 0.6) is 0 Å². The first kappa shape index (κ1) is 59.3. The van der Waals surface area contributed by atoms with Crippen LogP contribution < -0.4 is 5.32 Å². The number of amides is 1. The average molecular weight is 1110 g/mol. The molecule has 4 saturated heterocycles. The molecule has 8 N–H and O–H groups in total. The Morgan fingerprint density at radius 1 is 0.494 bits per heavy atom. The van der Waals surface area contributed by atoms with E-state index in [-0.39, 0.29) is 29.7 Å². The molecular formula is C56H67NO22. The first-order chi connectivity index (χ1) is 38.1. The number of aliphatic hydroxyl groups is 7. The fraction of sp³-hybridized carbons (Fsp3) is 0.500. The lowest BCUT2D eigenvalue weighted by Gasteiger charge is -2.50. The van der Waals surface area contributed by atoms with Gasteiger partial charge >= 0.3 is 17.9 Å². The second kappa shape index (κ2) is 27.6. The third-order valence-corrected chi connectivity index (χ3v) is 14.1. The maximum Gasteiger partial charge on any atom is 0.338 e. The molecule has 0 spiro atoms. The minimum Gasteiger partial charge on any atom is -0.459 e. The first-order valence-electron chi connectivity index (χ1n) is 26.0. The molecule has 79 heavy (non-hydrogen) atoms. The molecule has 0 aliphatic carbocycles. The van der Waals surface area contributed by atoms with E-state index < -0.39 is 166 Å². The first-order valence-corrected chi connectivity index (χ1v) is 26.0. The second-order valence-corrected chi connectivity index (χ2v) is 19.5. The highest BCUT2D eigenvalue weighted by atomic mass is 16.8. The number of carbonyl (C=O) groups is 4. The van der Waals surface area contributed by atoms with Crippen LogP contribution in [0.15, 0.2) is 121 Å². The van der Waals surface area contributed by atoms with Gasteiger partial charge in [0.25, 0.3) is 0 Å². The van der Waals surface area contributed by atoms with Gasteiger partial charge in [-0.15, -0.1) is 0 Å². The summed E-state index contributed by atoms with van der Waals surface area (Å²) < 4.78 is 68.6.